The molecule has 0 fully saturated rings. The Morgan fingerprint density at radius 1 is 1.00 bits per heavy atom. The molecule has 0 bridgehead atoms. The molecule has 0 aliphatic rings. The number of methoxy groups -OCH3 is 1. The van der Waals surface area contributed by atoms with Crippen LogP contribution in [0, 0.1) is 0 Å². The summed E-state index contributed by atoms with van der Waals surface area (Å²) in [4.78, 5) is 44.5. The number of rotatable bonds is 13. The number of carbonyl (C=O) groups excluding carboxylic acids is 4. The van der Waals surface area contributed by atoms with E-state index in [0.717, 1.165) is 6.08 Å². The van der Waals surface area contributed by atoms with Gasteiger partial charge in [0.05, 0.1) is 32.3 Å². The first-order valence-corrected chi connectivity index (χ1v) is 7.60. The van der Waals surface area contributed by atoms with Gasteiger partial charge < -0.3 is 29.0 Å². The molecule has 0 saturated carbocycles. The average molecular weight is 373 g/mol. The summed E-state index contributed by atoms with van der Waals surface area (Å²) in [5.41, 5.74) is -0.00114. The summed E-state index contributed by atoms with van der Waals surface area (Å²) in [6.45, 7) is 6.79. The first kappa shape index (κ1) is 23.1. The molecule has 0 spiro atoms. The number of nitrogens with one attached hydrogen (secondary N) is 1. The van der Waals surface area contributed by atoms with E-state index < -0.39 is 24.0 Å². The number of ether oxygens (including phenoxy) is 5. The third-order valence-corrected chi connectivity index (χ3v) is 2.58. The summed E-state index contributed by atoms with van der Waals surface area (Å²) in [6.07, 6.45) is 0.147. The molecular formula is C16H23NO9. The Bertz CT molecular complexity index is 516. The van der Waals surface area contributed by atoms with Crippen LogP contribution in [-0.4, -0.2) is 70.7 Å². The summed E-state index contributed by atoms with van der Waals surface area (Å²) in [7, 11) is 1.18. The molecule has 0 atom stereocenters. The van der Waals surface area contributed by atoms with Crippen molar-refractivity contribution in [1.29, 1.82) is 0 Å². The van der Waals surface area contributed by atoms with Gasteiger partial charge in [0.2, 0.25) is 0 Å². The molecule has 10 heteroatoms. The van der Waals surface area contributed by atoms with Gasteiger partial charge in [-0.2, -0.15) is 0 Å². The van der Waals surface area contributed by atoms with Crippen molar-refractivity contribution in [3.8, 4) is 0 Å². The molecule has 10 nitrogen and oxygen atoms in total. The Kier molecular flexibility index (Phi) is 12.9. The minimum absolute atomic E-state index is 0.00114. The van der Waals surface area contributed by atoms with Gasteiger partial charge >= 0.3 is 24.0 Å². The maximum absolute atomic E-state index is 11.4. The average Bonchev–Trinajstić information content (AvgIpc) is 2.64. The lowest BCUT2D eigenvalue weighted by atomic mass is 10.3. The van der Waals surface area contributed by atoms with Crippen LogP contribution in [-0.2, 0) is 38.1 Å². The molecule has 0 aromatic heterocycles. The second-order valence-corrected chi connectivity index (χ2v) is 4.55. The maximum atomic E-state index is 11.4. The van der Waals surface area contributed by atoms with E-state index in [1.807, 2.05) is 0 Å². The van der Waals surface area contributed by atoms with Crippen molar-refractivity contribution in [2.24, 2.45) is 0 Å². The van der Waals surface area contributed by atoms with Gasteiger partial charge in [-0.3, -0.25) is 4.79 Å². The van der Waals surface area contributed by atoms with Crippen molar-refractivity contribution < 1.29 is 42.9 Å². The number of hydrogen-bond acceptors (Lipinski definition) is 9. The first-order valence-electron chi connectivity index (χ1n) is 7.60. The Balaban J connectivity index is 3.58. The molecule has 26 heavy (non-hydrogen) atoms. The van der Waals surface area contributed by atoms with Gasteiger partial charge in [-0.25, -0.2) is 14.4 Å². The molecule has 0 rings (SSSR count). The lowest BCUT2D eigenvalue weighted by molar-refractivity contribution is -0.144. The molecule has 0 aromatic carbocycles. The van der Waals surface area contributed by atoms with Crippen molar-refractivity contribution in [2.45, 2.75) is 6.42 Å². The fraction of sp³-hybridized carbons (Fsp3) is 0.500. The van der Waals surface area contributed by atoms with E-state index in [2.05, 4.69) is 27.9 Å². The lowest BCUT2D eigenvalue weighted by Gasteiger charge is -2.08. The minimum atomic E-state index is -0.724. The number of amides is 1. The Hall–Kier alpha value is -2.88. The van der Waals surface area contributed by atoms with Crippen molar-refractivity contribution in [2.75, 3.05) is 46.7 Å². The SMILES string of the molecule is C=CC(=O)OCCOCCNC(=O)OCCC(=O)OCC(=C)C(=O)OC. The predicted molar refractivity (Wildman–Crippen MR) is 88.1 cm³/mol. The number of hydrogen-bond donors (Lipinski definition) is 1. The highest BCUT2D eigenvalue weighted by atomic mass is 16.6. The van der Waals surface area contributed by atoms with Gasteiger partial charge in [0, 0.05) is 12.6 Å². The standard InChI is InChI=1S/C16H23NO9/c1-4-13(18)24-10-9-23-8-6-17-16(21)25-7-5-14(19)26-11-12(2)15(20)22-3/h4H,1-2,5-11H2,3H3,(H,17,21). The van der Waals surface area contributed by atoms with E-state index in [-0.39, 0.29) is 51.6 Å². The summed E-state index contributed by atoms with van der Waals surface area (Å²) in [5.74, 6) is -1.86. The van der Waals surface area contributed by atoms with E-state index in [0.29, 0.717) is 0 Å². The lowest BCUT2D eigenvalue weighted by Crippen LogP contribution is -2.29. The summed E-state index contributed by atoms with van der Waals surface area (Å²) < 4.78 is 23.7. The largest absolute Gasteiger partial charge is 0.466 e. The highest BCUT2D eigenvalue weighted by Crippen LogP contribution is 1.97. The van der Waals surface area contributed by atoms with Crippen molar-refractivity contribution in [1.82, 2.24) is 5.32 Å². The molecule has 0 radical (unpaired) electrons. The van der Waals surface area contributed by atoms with Gasteiger partial charge in [0.15, 0.2) is 0 Å². The fourth-order valence-electron chi connectivity index (χ4n) is 1.31. The smallest absolute Gasteiger partial charge is 0.407 e. The van der Waals surface area contributed by atoms with Gasteiger partial charge in [-0.15, -0.1) is 0 Å². The fourth-order valence-corrected chi connectivity index (χ4v) is 1.31. The third kappa shape index (κ3) is 12.5. The maximum Gasteiger partial charge on any atom is 0.407 e. The molecule has 0 aliphatic heterocycles. The number of alkyl carbamates (subject to hydrolysis) is 1. The van der Waals surface area contributed by atoms with Gasteiger partial charge in [0.1, 0.15) is 19.8 Å². The van der Waals surface area contributed by atoms with Crippen molar-refractivity contribution >= 4 is 24.0 Å². The molecule has 0 aromatic rings. The van der Waals surface area contributed by atoms with E-state index in [9.17, 15) is 19.2 Å². The quantitative estimate of drug-likeness (QED) is 0.207. The van der Waals surface area contributed by atoms with Crippen LogP contribution < -0.4 is 5.32 Å². The van der Waals surface area contributed by atoms with E-state index in [1.165, 1.54) is 7.11 Å². The molecule has 1 amide bonds. The predicted octanol–water partition coefficient (Wildman–Crippen LogP) is 0.121. The summed E-state index contributed by atoms with van der Waals surface area (Å²) in [5, 5.41) is 2.40. The molecule has 1 N–H and O–H groups in total. The summed E-state index contributed by atoms with van der Waals surface area (Å²) >= 11 is 0. The third-order valence-electron chi connectivity index (χ3n) is 2.58. The molecular weight excluding hydrogens is 350 g/mol. The highest BCUT2D eigenvalue weighted by Gasteiger charge is 2.11. The van der Waals surface area contributed by atoms with E-state index >= 15 is 0 Å². The highest BCUT2D eigenvalue weighted by molar-refractivity contribution is 5.88. The van der Waals surface area contributed by atoms with Crippen LogP contribution in [0.15, 0.2) is 24.8 Å². The van der Waals surface area contributed by atoms with Crippen LogP contribution in [0.3, 0.4) is 0 Å². The molecule has 0 unspecified atom stereocenters. The normalized spacial score (nSPS) is 9.58. The number of carbonyl (C=O) groups is 4. The second-order valence-electron chi connectivity index (χ2n) is 4.55. The van der Waals surface area contributed by atoms with Crippen LogP contribution in [0.5, 0.6) is 0 Å². The van der Waals surface area contributed by atoms with Crippen LogP contribution in [0.2, 0.25) is 0 Å². The molecule has 0 heterocycles. The van der Waals surface area contributed by atoms with Crippen LogP contribution in [0.4, 0.5) is 4.79 Å². The summed E-state index contributed by atoms with van der Waals surface area (Å²) in [6, 6.07) is 0. The Morgan fingerprint density at radius 3 is 2.38 bits per heavy atom. The number of esters is 3. The van der Waals surface area contributed by atoms with Crippen molar-refractivity contribution in [3.63, 3.8) is 0 Å². The Labute approximate surface area is 151 Å². The zero-order chi connectivity index (χ0) is 19.8. The van der Waals surface area contributed by atoms with Crippen LogP contribution >= 0.6 is 0 Å². The van der Waals surface area contributed by atoms with E-state index in [4.69, 9.17) is 14.2 Å². The van der Waals surface area contributed by atoms with Gasteiger partial charge in [0.25, 0.3) is 0 Å². The topological polar surface area (TPSA) is 126 Å². The molecule has 0 saturated heterocycles. The molecule has 0 aliphatic carbocycles. The second kappa shape index (κ2) is 14.5. The van der Waals surface area contributed by atoms with Gasteiger partial charge in [-0.1, -0.05) is 13.2 Å². The van der Waals surface area contributed by atoms with Crippen LogP contribution in [0.25, 0.3) is 0 Å². The van der Waals surface area contributed by atoms with Crippen molar-refractivity contribution in [3.05, 3.63) is 24.8 Å². The monoisotopic (exact) mass is 373 g/mol. The van der Waals surface area contributed by atoms with E-state index in [1.54, 1.807) is 0 Å². The van der Waals surface area contributed by atoms with Gasteiger partial charge in [-0.05, 0) is 0 Å². The minimum Gasteiger partial charge on any atom is -0.466 e. The first-order chi connectivity index (χ1) is 12.4. The van der Waals surface area contributed by atoms with Crippen LogP contribution in [0.1, 0.15) is 6.42 Å². The Morgan fingerprint density at radius 2 is 1.73 bits per heavy atom. The zero-order valence-corrected chi connectivity index (χ0v) is 14.6. The zero-order valence-electron chi connectivity index (χ0n) is 14.6. The molecule has 146 valence electrons.